The molecule has 0 fully saturated rings. The molecule has 8 heteroatoms. The summed E-state index contributed by atoms with van der Waals surface area (Å²) in [6, 6.07) is 0. The molecule has 7 nitrogen and oxygen atoms in total. The Hall–Kier alpha value is -2.45. The van der Waals surface area contributed by atoms with Gasteiger partial charge < -0.3 is 20.1 Å². The number of amides is 2. The van der Waals surface area contributed by atoms with Crippen molar-refractivity contribution >= 4 is 34.1 Å². The zero-order valence-electron chi connectivity index (χ0n) is 16.2. The SMILES string of the molecule is C/C=C/C=C/C(=O)OCC(=O)Nc1sc2c(c1C(=O)NCCOC)CCCC2. The van der Waals surface area contributed by atoms with Gasteiger partial charge in [0.1, 0.15) is 5.00 Å². The number of aryl methyl sites for hydroxylation is 1. The molecule has 0 aliphatic heterocycles. The highest BCUT2D eigenvalue weighted by Gasteiger charge is 2.26. The van der Waals surface area contributed by atoms with Gasteiger partial charge in [-0.1, -0.05) is 18.2 Å². The lowest BCUT2D eigenvalue weighted by atomic mass is 9.95. The average Bonchev–Trinajstić information content (AvgIpc) is 3.04. The van der Waals surface area contributed by atoms with Crippen LogP contribution in [0.25, 0.3) is 0 Å². The third-order valence-corrected chi connectivity index (χ3v) is 5.33. The second-order valence-electron chi connectivity index (χ2n) is 6.20. The van der Waals surface area contributed by atoms with Gasteiger partial charge in [-0.25, -0.2) is 4.79 Å². The number of esters is 1. The number of carbonyl (C=O) groups excluding carboxylic acids is 3. The molecule has 0 saturated carbocycles. The Kier molecular flexibility index (Phi) is 8.90. The second-order valence-corrected chi connectivity index (χ2v) is 7.31. The van der Waals surface area contributed by atoms with Gasteiger partial charge in [0.2, 0.25) is 0 Å². The number of nitrogens with one attached hydrogen (secondary N) is 2. The number of rotatable bonds is 9. The summed E-state index contributed by atoms with van der Waals surface area (Å²) in [5.41, 5.74) is 1.52. The molecular formula is C20H26N2O5S. The zero-order valence-corrected chi connectivity index (χ0v) is 17.0. The molecule has 1 aromatic rings. The topological polar surface area (TPSA) is 93.7 Å². The van der Waals surface area contributed by atoms with Crippen LogP contribution in [0.4, 0.5) is 5.00 Å². The average molecular weight is 407 g/mol. The van der Waals surface area contributed by atoms with Crippen LogP contribution in [0.1, 0.15) is 40.6 Å². The van der Waals surface area contributed by atoms with Gasteiger partial charge in [-0.2, -0.15) is 0 Å². The highest BCUT2D eigenvalue weighted by atomic mass is 32.1. The van der Waals surface area contributed by atoms with E-state index in [4.69, 9.17) is 9.47 Å². The number of hydrogen-bond donors (Lipinski definition) is 2. The number of fused-ring (bicyclic) bond motifs is 1. The van der Waals surface area contributed by atoms with Gasteiger partial charge in [-0.15, -0.1) is 11.3 Å². The lowest BCUT2D eigenvalue weighted by molar-refractivity contribution is -0.142. The van der Waals surface area contributed by atoms with Gasteiger partial charge in [-0.3, -0.25) is 9.59 Å². The minimum absolute atomic E-state index is 0.224. The van der Waals surface area contributed by atoms with Gasteiger partial charge >= 0.3 is 5.97 Å². The minimum Gasteiger partial charge on any atom is -0.452 e. The molecule has 1 aliphatic rings. The summed E-state index contributed by atoms with van der Waals surface area (Å²) in [6.07, 6.45) is 10.0. The minimum atomic E-state index is -0.601. The molecule has 0 radical (unpaired) electrons. The van der Waals surface area contributed by atoms with E-state index in [2.05, 4.69) is 10.6 Å². The standard InChI is InChI=1S/C20H26N2O5S/c1-3-4-5-10-17(24)27-13-16(23)22-20-18(19(25)21-11-12-26-2)14-8-6-7-9-15(14)28-20/h3-5,10H,6-9,11-13H2,1-2H3,(H,21,25)(H,22,23)/b4-3+,10-5+. The van der Waals surface area contributed by atoms with Crippen molar-refractivity contribution in [1.29, 1.82) is 0 Å². The van der Waals surface area contributed by atoms with E-state index in [-0.39, 0.29) is 5.91 Å². The number of allylic oxidation sites excluding steroid dienone is 3. The van der Waals surface area contributed by atoms with Gasteiger partial charge in [0.05, 0.1) is 12.2 Å². The molecule has 0 atom stereocenters. The molecule has 0 saturated heterocycles. The van der Waals surface area contributed by atoms with Crippen LogP contribution >= 0.6 is 11.3 Å². The molecule has 0 aromatic carbocycles. The fourth-order valence-corrected chi connectivity index (χ4v) is 4.14. The van der Waals surface area contributed by atoms with Crippen LogP contribution in [0.2, 0.25) is 0 Å². The molecule has 0 bridgehead atoms. The van der Waals surface area contributed by atoms with Crippen LogP contribution in [-0.2, 0) is 31.9 Å². The maximum absolute atomic E-state index is 12.7. The Morgan fingerprint density at radius 3 is 2.71 bits per heavy atom. The van der Waals surface area contributed by atoms with Gasteiger partial charge in [-0.05, 0) is 38.2 Å². The smallest absolute Gasteiger partial charge is 0.331 e. The van der Waals surface area contributed by atoms with Crippen LogP contribution in [0.15, 0.2) is 24.3 Å². The first-order valence-electron chi connectivity index (χ1n) is 9.24. The number of thiophene rings is 1. The lowest BCUT2D eigenvalue weighted by Gasteiger charge is -2.13. The number of carbonyl (C=O) groups is 3. The van der Waals surface area contributed by atoms with Crippen molar-refractivity contribution in [3.63, 3.8) is 0 Å². The molecule has 1 aromatic heterocycles. The summed E-state index contributed by atoms with van der Waals surface area (Å²) >= 11 is 1.42. The summed E-state index contributed by atoms with van der Waals surface area (Å²) in [5, 5.41) is 6.06. The van der Waals surface area contributed by atoms with Gasteiger partial charge in [0.25, 0.3) is 11.8 Å². The van der Waals surface area contributed by atoms with Crippen LogP contribution in [0.3, 0.4) is 0 Å². The molecule has 152 valence electrons. The highest BCUT2D eigenvalue weighted by Crippen LogP contribution is 2.38. The Bertz CT molecular complexity index is 767. The molecular weight excluding hydrogens is 380 g/mol. The maximum Gasteiger partial charge on any atom is 0.331 e. The third-order valence-electron chi connectivity index (χ3n) is 4.12. The van der Waals surface area contributed by atoms with Crippen molar-refractivity contribution < 1.29 is 23.9 Å². The van der Waals surface area contributed by atoms with E-state index < -0.39 is 18.5 Å². The molecule has 2 amide bonds. The molecule has 2 N–H and O–H groups in total. The first-order valence-corrected chi connectivity index (χ1v) is 10.1. The van der Waals surface area contributed by atoms with Crippen molar-refractivity contribution in [1.82, 2.24) is 5.32 Å². The van der Waals surface area contributed by atoms with Gasteiger partial charge in [0.15, 0.2) is 6.61 Å². The van der Waals surface area contributed by atoms with Gasteiger partial charge in [0, 0.05) is 24.6 Å². The Balaban J connectivity index is 2.05. The molecule has 2 rings (SSSR count). The lowest BCUT2D eigenvalue weighted by Crippen LogP contribution is -2.29. The largest absolute Gasteiger partial charge is 0.452 e. The van der Waals surface area contributed by atoms with Crippen molar-refractivity contribution in [3.05, 3.63) is 40.3 Å². The van der Waals surface area contributed by atoms with E-state index in [1.165, 1.54) is 23.5 Å². The van der Waals surface area contributed by atoms with E-state index in [1.54, 1.807) is 19.3 Å². The van der Waals surface area contributed by atoms with E-state index in [0.717, 1.165) is 36.1 Å². The van der Waals surface area contributed by atoms with E-state index in [1.807, 2.05) is 6.92 Å². The van der Waals surface area contributed by atoms with Crippen molar-refractivity contribution in [2.75, 3.05) is 32.2 Å². The van der Waals surface area contributed by atoms with E-state index in [0.29, 0.717) is 23.7 Å². The molecule has 1 heterocycles. The summed E-state index contributed by atoms with van der Waals surface area (Å²) in [6.45, 7) is 2.22. The predicted octanol–water partition coefficient (Wildman–Crippen LogP) is 2.62. The van der Waals surface area contributed by atoms with E-state index >= 15 is 0 Å². The molecule has 0 unspecified atom stereocenters. The summed E-state index contributed by atoms with van der Waals surface area (Å²) in [4.78, 5) is 37.6. The van der Waals surface area contributed by atoms with Crippen LogP contribution in [0.5, 0.6) is 0 Å². The Labute approximate surface area is 168 Å². The number of ether oxygens (including phenoxy) is 2. The third kappa shape index (κ3) is 6.31. The Morgan fingerprint density at radius 1 is 1.18 bits per heavy atom. The van der Waals surface area contributed by atoms with Crippen LogP contribution < -0.4 is 10.6 Å². The molecule has 0 spiro atoms. The maximum atomic E-state index is 12.7. The van der Waals surface area contributed by atoms with Crippen molar-refractivity contribution in [2.45, 2.75) is 32.6 Å². The van der Waals surface area contributed by atoms with Crippen molar-refractivity contribution in [3.8, 4) is 0 Å². The predicted molar refractivity (Wildman–Crippen MR) is 109 cm³/mol. The monoisotopic (exact) mass is 406 g/mol. The van der Waals surface area contributed by atoms with Crippen LogP contribution in [0, 0.1) is 0 Å². The second kappa shape index (κ2) is 11.4. The molecule has 1 aliphatic carbocycles. The molecule has 28 heavy (non-hydrogen) atoms. The normalized spacial score (nSPS) is 13.5. The number of methoxy groups -OCH3 is 1. The summed E-state index contributed by atoms with van der Waals surface area (Å²) < 4.78 is 9.89. The first kappa shape index (κ1) is 21.8. The summed E-state index contributed by atoms with van der Waals surface area (Å²) in [7, 11) is 1.57. The summed E-state index contributed by atoms with van der Waals surface area (Å²) in [5.74, 6) is -1.30. The van der Waals surface area contributed by atoms with E-state index in [9.17, 15) is 14.4 Å². The zero-order chi connectivity index (χ0) is 20.4. The number of hydrogen-bond acceptors (Lipinski definition) is 6. The van der Waals surface area contributed by atoms with Crippen LogP contribution in [-0.4, -0.2) is 44.7 Å². The first-order chi connectivity index (χ1) is 13.6. The Morgan fingerprint density at radius 2 is 1.96 bits per heavy atom. The fourth-order valence-electron chi connectivity index (χ4n) is 2.84. The highest BCUT2D eigenvalue weighted by molar-refractivity contribution is 7.17. The quantitative estimate of drug-likeness (QED) is 0.285. The van der Waals surface area contributed by atoms with Crippen molar-refractivity contribution in [2.24, 2.45) is 0 Å². The fraction of sp³-hybridized carbons (Fsp3) is 0.450. The number of anilines is 1.